The fraction of sp³-hybridized carbons (Fsp3) is 0.200. The molecule has 2 N–H and O–H groups in total. The van der Waals surface area contributed by atoms with Crippen LogP contribution in [0, 0.1) is 0 Å². The number of carbonyl (C=O) groups excluding carboxylic acids is 1. The van der Waals surface area contributed by atoms with E-state index in [4.69, 9.17) is 4.42 Å². The molecule has 0 bridgehead atoms. The van der Waals surface area contributed by atoms with E-state index in [-0.39, 0.29) is 18.7 Å². The molecule has 2 rings (SSSR count). The number of nitrogens with one attached hydrogen (secondary N) is 1. The highest BCUT2D eigenvalue weighted by atomic mass is 79.9. The highest BCUT2D eigenvalue weighted by molar-refractivity contribution is 9.10. The summed E-state index contributed by atoms with van der Waals surface area (Å²) >= 11 is 3.29. The van der Waals surface area contributed by atoms with E-state index in [9.17, 15) is 14.7 Å². The highest BCUT2D eigenvalue weighted by Crippen LogP contribution is 2.13. The molecule has 0 radical (unpaired) electrons. The maximum atomic E-state index is 12.1. The molecule has 0 fully saturated rings. The van der Waals surface area contributed by atoms with E-state index in [0.717, 1.165) is 4.47 Å². The molecule has 0 saturated carbocycles. The zero-order chi connectivity index (χ0) is 15.2. The van der Waals surface area contributed by atoms with Gasteiger partial charge in [-0.2, -0.15) is 0 Å². The van der Waals surface area contributed by atoms with Gasteiger partial charge in [0.1, 0.15) is 11.8 Å². The van der Waals surface area contributed by atoms with E-state index < -0.39 is 12.0 Å². The number of Topliss-reactive ketones (excluding diaryl/α,β-unsaturated/α-hetero) is 1. The summed E-state index contributed by atoms with van der Waals surface area (Å²) in [6.07, 6.45) is 1.40. The molecule has 1 atom stereocenters. The summed E-state index contributed by atoms with van der Waals surface area (Å²) in [6, 6.07) is 9.34. The van der Waals surface area contributed by atoms with Crippen LogP contribution in [0.5, 0.6) is 0 Å². The lowest BCUT2D eigenvalue weighted by atomic mass is 10.0. The zero-order valence-electron chi connectivity index (χ0n) is 11.1. The summed E-state index contributed by atoms with van der Waals surface area (Å²) in [5.74, 6) is -0.661. The first-order valence-corrected chi connectivity index (χ1v) is 7.13. The third-order valence-electron chi connectivity index (χ3n) is 2.96. The van der Waals surface area contributed by atoms with Crippen LogP contribution >= 0.6 is 15.9 Å². The average Bonchev–Trinajstić information content (AvgIpc) is 2.96. The Morgan fingerprint density at radius 3 is 2.52 bits per heavy atom. The van der Waals surface area contributed by atoms with E-state index >= 15 is 0 Å². The summed E-state index contributed by atoms with van der Waals surface area (Å²) < 4.78 is 5.99. The van der Waals surface area contributed by atoms with E-state index in [0.29, 0.717) is 11.3 Å². The number of carboxylic acids is 1. The Hall–Kier alpha value is -1.92. The molecular formula is C15H14BrNO4. The number of ketones is 1. The normalized spacial score (nSPS) is 12.0. The Morgan fingerprint density at radius 1 is 1.24 bits per heavy atom. The molecule has 0 saturated heterocycles. The van der Waals surface area contributed by atoms with Crippen LogP contribution in [0.2, 0.25) is 0 Å². The van der Waals surface area contributed by atoms with Crippen LogP contribution in [0.1, 0.15) is 22.5 Å². The Kier molecular flexibility index (Phi) is 5.30. The zero-order valence-corrected chi connectivity index (χ0v) is 12.7. The van der Waals surface area contributed by atoms with E-state index in [1.165, 1.54) is 6.26 Å². The van der Waals surface area contributed by atoms with E-state index in [1.54, 1.807) is 36.4 Å². The first-order chi connectivity index (χ1) is 10.1. The van der Waals surface area contributed by atoms with Crippen LogP contribution in [-0.4, -0.2) is 22.9 Å². The van der Waals surface area contributed by atoms with Crippen molar-refractivity contribution >= 4 is 27.7 Å². The van der Waals surface area contributed by atoms with Crippen molar-refractivity contribution < 1.29 is 19.1 Å². The molecule has 110 valence electrons. The molecule has 1 aromatic heterocycles. The third-order valence-corrected chi connectivity index (χ3v) is 3.49. The van der Waals surface area contributed by atoms with Crippen molar-refractivity contribution in [3.63, 3.8) is 0 Å². The Labute approximate surface area is 130 Å². The summed E-state index contributed by atoms with van der Waals surface area (Å²) in [5.41, 5.74) is 0.490. The number of aliphatic carboxylic acids is 1. The molecule has 1 unspecified atom stereocenters. The smallest absolute Gasteiger partial charge is 0.321 e. The second-order valence-electron chi connectivity index (χ2n) is 4.49. The number of rotatable bonds is 7. The SMILES string of the molecule is O=C(CC(NCc1ccco1)C(=O)O)c1ccc(Br)cc1. The van der Waals surface area contributed by atoms with E-state index in [2.05, 4.69) is 21.2 Å². The predicted octanol–water partition coefficient (Wildman–Crippen LogP) is 2.86. The molecule has 0 aliphatic heterocycles. The second kappa shape index (κ2) is 7.19. The number of benzene rings is 1. The monoisotopic (exact) mass is 351 g/mol. The topological polar surface area (TPSA) is 79.5 Å². The van der Waals surface area contributed by atoms with Gasteiger partial charge in [0.25, 0.3) is 0 Å². The summed E-state index contributed by atoms with van der Waals surface area (Å²) in [5, 5.41) is 12.0. The molecule has 0 aliphatic rings. The highest BCUT2D eigenvalue weighted by Gasteiger charge is 2.21. The van der Waals surface area contributed by atoms with Gasteiger partial charge in [-0.05, 0) is 24.3 Å². The van der Waals surface area contributed by atoms with Crippen LogP contribution in [-0.2, 0) is 11.3 Å². The minimum atomic E-state index is -1.06. The standard InChI is InChI=1S/C15H14BrNO4/c16-11-5-3-10(4-6-11)14(18)8-13(15(19)20)17-9-12-2-1-7-21-12/h1-7,13,17H,8-9H2,(H,19,20). The first-order valence-electron chi connectivity index (χ1n) is 6.33. The molecular weight excluding hydrogens is 338 g/mol. The van der Waals surface area contributed by atoms with Crippen molar-refractivity contribution in [2.45, 2.75) is 19.0 Å². The van der Waals surface area contributed by atoms with Crippen LogP contribution in [0.4, 0.5) is 0 Å². The summed E-state index contributed by atoms with van der Waals surface area (Å²) in [7, 11) is 0. The Morgan fingerprint density at radius 2 is 1.95 bits per heavy atom. The van der Waals surface area contributed by atoms with Gasteiger partial charge in [-0.25, -0.2) is 0 Å². The predicted molar refractivity (Wildman–Crippen MR) is 80.1 cm³/mol. The maximum absolute atomic E-state index is 12.1. The van der Waals surface area contributed by atoms with Crippen LogP contribution in [0.15, 0.2) is 51.6 Å². The number of hydrogen-bond donors (Lipinski definition) is 2. The van der Waals surface area contributed by atoms with E-state index in [1.807, 2.05) is 0 Å². The maximum Gasteiger partial charge on any atom is 0.321 e. The van der Waals surface area contributed by atoms with Gasteiger partial charge in [-0.1, -0.05) is 28.1 Å². The van der Waals surface area contributed by atoms with Gasteiger partial charge in [0.15, 0.2) is 5.78 Å². The molecule has 1 aromatic carbocycles. The third kappa shape index (κ3) is 4.54. The lowest BCUT2D eigenvalue weighted by Gasteiger charge is -2.13. The molecule has 0 amide bonds. The fourth-order valence-corrected chi connectivity index (χ4v) is 2.09. The molecule has 6 heteroatoms. The first kappa shape index (κ1) is 15.5. The number of furan rings is 1. The van der Waals surface area contributed by atoms with Crippen LogP contribution in [0.25, 0.3) is 0 Å². The average molecular weight is 352 g/mol. The van der Waals surface area contributed by atoms with Crippen molar-refractivity contribution in [3.05, 3.63) is 58.5 Å². The molecule has 1 heterocycles. The van der Waals surface area contributed by atoms with Crippen molar-refractivity contribution in [1.29, 1.82) is 0 Å². The number of carboxylic acid groups (broad SMARTS) is 1. The molecule has 0 aliphatic carbocycles. The Bertz CT molecular complexity index is 607. The quantitative estimate of drug-likeness (QED) is 0.749. The van der Waals surface area contributed by atoms with Gasteiger partial charge in [0, 0.05) is 16.5 Å². The van der Waals surface area contributed by atoms with Gasteiger partial charge in [0.05, 0.1) is 12.8 Å². The Balaban J connectivity index is 1.97. The van der Waals surface area contributed by atoms with Crippen LogP contribution in [0.3, 0.4) is 0 Å². The van der Waals surface area contributed by atoms with Gasteiger partial charge in [-0.15, -0.1) is 0 Å². The minimum Gasteiger partial charge on any atom is -0.480 e. The lowest BCUT2D eigenvalue weighted by molar-refractivity contribution is -0.139. The lowest BCUT2D eigenvalue weighted by Crippen LogP contribution is -2.38. The number of carbonyl (C=O) groups is 2. The van der Waals surface area contributed by atoms with Crippen molar-refractivity contribution in [2.24, 2.45) is 0 Å². The number of halogens is 1. The van der Waals surface area contributed by atoms with Gasteiger partial charge >= 0.3 is 5.97 Å². The molecule has 21 heavy (non-hydrogen) atoms. The molecule has 5 nitrogen and oxygen atoms in total. The van der Waals surface area contributed by atoms with Gasteiger partial charge in [-0.3, -0.25) is 14.9 Å². The summed E-state index contributed by atoms with van der Waals surface area (Å²) in [4.78, 5) is 23.3. The molecule has 2 aromatic rings. The van der Waals surface area contributed by atoms with Crippen molar-refractivity contribution in [2.75, 3.05) is 0 Å². The fourth-order valence-electron chi connectivity index (χ4n) is 1.82. The summed E-state index contributed by atoms with van der Waals surface area (Å²) in [6.45, 7) is 0.261. The largest absolute Gasteiger partial charge is 0.480 e. The molecule has 0 spiro atoms. The number of hydrogen-bond acceptors (Lipinski definition) is 4. The van der Waals surface area contributed by atoms with Gasteiger partial charge < -0.3 is 9.52 Å². The van der Waals surface area contributed by atoms with Crippen molar-refractivity contribution in [3.8, 4) is 0 Å². The van der Waals surface area contributed by atoms with Crippen molar-refractivity contribution in [1.82, 2.24) is 5.32 Å². The minimum absolute atomic E-state index is 0.113. The van der Waals surface area contributed by atoms with Crippen LogP contribution < -0.4 is 5.32 Å². The second-order valence-corrected chi connectivity index (χ2v) is 5.40. The van der Waals surface area contributed by atoms with Gasteiger partial charge in [0.2, 0.25) is 0 Å².